The van der Waals surface area contributed by atoms with Crippen LogP contribution in [0.3, 0.4) is 0 Å². The van der Waals surface area contributed by atoms with Crippen LogP contribution < -0.4 is 4.74 Å². The highest BCUT2D eigenvalue weighted by atomic mass is 32.1. The van der Waals surface area contributed by atoms with Crippen LogP contribution in [0.15, 0.2) is 46.3 Å². The first kappa shape index (κ1) is 15.9. The van der Waals surface area contributed by atoms with Gasteiger partial charge in [-0.3, -0.25) is 4.99 Å². The quantitative estimate of drug-likeness (QED) is 0.582. The monoisotopic (exact) mass is 317 g/mol. The smallest absolute Gasteiger partial charge is 0.339 e. The average Bonchev–Trinajstić information content (AvgIpc) is 2.47. The van der Waals surface area contributed by atoms with Gasteiger partial charge in [-0.1, -0.05) is 6.07 Å². The van der Waals surface area contributed by atoms with Gasteiger partial charge in [-0.15, -0.1) is 12.6 Å². The van der Waals surface area contributed by atoms with Gasteiger partial charge in [-0.25, -0.2) is 4.79 Å². The fourth-order valence-corrected chi connectivity index (χ4v) is 2.11. The molecule has 0 heterocycles. The van der Waals surface area contributed by atoms with Crippen LogP contribution in [0.25, 0.3) is 0 Å². The molecule has 0 aliphatic carbocycles. The summed E-state index contributed by atoms with van der Waals surface area (Å²) in [6.45, 7) is 2.45. The first-order chi connectivity index (χ1) is 10.5. The second-order valence-corrected chi connectivity index (χ2v) is 4.87. The number of phenols is 1. The first-order valence-corrected chi connectivity index (χ1v) is 7.02. The number of benzene rings is 2. The predicted molar refractivity (Wildman–Crippen MR) is 87.2 cm³/mol. The van der Waals surface area contributed by atoms with E-state index in [1.54, 1.807) is 30.3 Å². The lowest BCUT2D eigenvalue weighted by molar-refractivity contribution is 0.0693. The van der Waals surface area contributed by atoms with Crippen molar-refractivity contribution in [1.29, 1.82) is 0 Å². The average molecular weight is 317 g/mol. The normalized spacial score (nSPS) is 10.8. The second kappa shape index (κ2) is 7.00. The van der Waals surface area contributed by atoms with Crippen molar-refractivity contribution < 1.29 is 19.7 Å². The van der Waals surface area contributed by atoms with Crippen molar-refractivity contribution >= 4 is 30.5 Å². The minimum absolute atomic E-state index is 0.165. The van der Waals surface area contributed by atoms with Crippen LogP contribution in [0.4, 0.5) is 5.69 Å². The van der Waals surface area contributed by atoms with E-state index >= 15 is 0 Å². The van der Waals surface area contributed by atoms with Crippen LogP contribution in [0.2, 0.25) is 0 Å². The summed E-state index contributed by atoms with van der Waals surface area (Å²) in [5.74, 6) is -0.809. The van der Waals surface area contributed by atoms with Crippen molar-refractivity contribution in [2.24, 2.45) is 4.99 Å². The summed E-state index contributed by atoms with van der Waals surface area (Å²) >= 11 is 4.34. The largest absolute Gasteiger partial charge is 0.506 e. The van der Waals surface area contributed by atoms with Crippen LogP contribution in [0.5, 0.6) is 11.5 Å². The van der Waals surface area contributed by atoms with E-state index in [4.69, 9.17) is 9.84 Å². The maximum Gasteiger partial charge on any atom is 0.339 e. The van der Waals surface area contributed by atoms with Gasteiger partial charge in [0.1, 0.15) is 17.1 Å². The van der Waals surface area contributed by atoms with E-state index in [-0.39, 0.29) is 11.3 Å². The number of aromatic carboxylic acids is 1. The van der Waals surface area contributed by atoms with E-state index in [0.29, 0.717) is 28.5 Å². The van der Waals surface area contributed by atoms with Gasteiger partial charge < -0.3 is 14.9 Å². The van der Waals surface area contributed by atoms with Gasteiger partial charge in [-0.05, 0) is 37.3 Å². The van der Waals surface area contributed by atoms with Crippen molar-refractivity contribution in [2.45, 2.75) is 11.8 Å². The number of rotatable bonds is 5. The Bertz CT molecular complexity index is 728. The summed E-state index contributed by atoms with van der Waals surface area (Å²) in [6.07, 6.45) is 1.40. The minimum Gasteiger partial charge on any atom is -0.506 e. The standard InChI is InChI=1S/C16H15NO4S/c1-2-21-11-6-7-13(14(22)8-11)17-9-10-4-3-5-12(15(10)18)16(19)20/h3-9,18,22H,2H2,1H3,(H,19,20). The van der Waals surface area contributed by atoms with E-state index in [2.05, 4.69) is 17.6 Å². The predicted octanol–water partition coefficient (Wildman–Crippen LogP) is 3.53. The molecule has 2 aromatic rings. The molecule has 0 unspecified atom stereocenters. The third-order valence-corrected chi connectivity index (χ3v) is 3.26. The van der Waals surface area contributed by atoms with E-state index in [1.807, 2.05) is 6.92 Å². The molecule has 2 N–H and O–H groups in total. The Morgan fingerprint density at radius 3 is 2.77 bits per heavy atom. The molecule has 0 atom stereocenters. The van der Waals surface area contributed by atoms with Crippen LogP contribution in [-0.4, -0.2) is 29.0 Å². The molecule has 0 aliphatic heterocycles. The van der Waals surface area contributed by atoms with E-state index in [1.165, 1.54) is 12.3 Å². The van der Waals surface area contributed by atoms with Crippen LogP contribution in [0, 0.1) is 0 Å². The minimum atomic E-state index is -1.19. The Labute approximate surface area is 133 Å². The van der Waals surface area contributed by atoms with E-state index in [9.17, 15) is 9.90 Å². The summed E-state index contributed by atoms with van der Waals surface area (Å²) in [5, 5.41) is 18.9. The second-order valence-electron chi connectivity index (χ2n) is 4.39. The van der Waals surface area contributed by atoms with Crippen molar-refractivity contribution in [3.63, 3.8) is 0 Å². The topological polar surface area (TPSA) is 79.1 Å². The number of carboxylic acids is 1. The van der Waals surface area contributed by atoms with Gasteiger partial charge in [0.2, 0.25) is 0 Å². The highest BCUT2D eigenvalue weighted by molar-refractivity contribution is 7.80. The Balaban J connectivity index is 2.29. The van der Waals surface area contributed by atoms with Crippen molar-refractivity contribution in [3.05, 3.63) is 47.5 Å². The van der Waals surface area contributed by atoms with Crippen molar-refractivity contribution in [3.8, 4) is 11.5 Å². The molecule has 0 saturated carbocycles. The highest BCUT2D eigenvalue weighted by Crippen LogP contribution is 2.28. The van der Waals surface area contributed by atoms with Crippen LogP contribution >= 0.6 is 12.6 Å². The number of aromatic hydroxyl groups is 1. The third-order valence-electron chi connectivity index (χ3n) is 2.90. The Morgan fingerprint density at radius 2 is 2.14 bits per heavy atom. The molecule has 2 rings (SSSR count). The highest BCUT2D eigenvalue weighted by Gasteiger charge is 2.11. The summed E-state index contributed by atoms with van der Waals surface area (Å²) in [4.78, 5) is 15.8. The van der Waals surface area contributed by atoms with Gasteiger partial charge in [-0.2, -0.15) is 0 Å². The van der Waals surface area contributed by atoms with E-state index < -0.39 is 5.97 Å². The fourth-order valence-electron chi connectivity index (χ4n) is 1.85. The molecule has 0 aromatic heterocycles. The number of para-hydroxylation sites is 1. The number of carboxylic acid groups (broad SMARTS) is 1. The molecule has 0 radical (unpaired) electrons. The van der Waals surface area contributed by atoms with Gasteiger partial charge in [0, 0.05) is 16.7 Å². The maximum absolute atomic E-state index is 11.0. The number of ether oxygens (including phenoxy) is 1. The van der Waals surface area contributed by atoms with Gasteiger partial charge in [0.05, 0.1) is 12.3 Å². The lowest BCUT2D eigenvalue weighted by atomic mass is 10.1. The molecule has 0 bridgehead atoms. The van der Waals surface area contributed by atoms with Crippen LogP contribution in [-0.2, 0) is 0 Å². The third kappa shape index (κ3) is 3.59. The lowest BCUT2D eigenvalue weighted by Crippen LogP contribution is -1.98. The number of nitrogens with zero attached hydrogens (tertiary/aromatic N) is 1. The SMILES string of the molecule is CCOc1ccc(N=Cc2cccc(C(=O)O)c2O)c(S)c1. The Hall–Kier alpha value is -2.47. The van der Waals surface area contributed by atoms with Gasteiger partial charge in [0.25, 0.3) is 0 Å². The van der Waals surface area contributed by atoms with Crippen LogP contribution in [0.1, 0.15) is 22.8 Å². The summed E-state index contributed by atoms with van der Waals surface area (Å²) in [7, 11) is 0. The zero-order valence-corrected chi connectivity index (χ0v) is 12.7. The van der Waals surface area contributed by atoms with Crippen molar-refractivity contribution in [2.75, 3.05) is 6.61 Å². The molecular weight excluding hydrogens is 302 g/mol. The molecule has 114 valence electrons. The molecule has 5 nitrogen and oxygen atoms in total. The van der Waals surface area contributed by atoms with E-state index in [0.717, 1.165) is 0 Å². The molecule has 0 saturated heterocycles. The molecule has 0 amide bonds. The Morgan fingerprint density at radius 1 is 1.36 bits per heavy atom. The summed E-state index contributed by atoms with van der Waals surface area (Å²) in [6, 6.07) is 9.70. The molecule has 22 heavy (non-hydrogen) atoms. The maximum atomic E-state index is 11.0. The zero-order chi connectivity index (χ0) is 16.1. The lowest BCUT2D eigenvalue weighted by Gasteiger charge is -2.06. The van der Waals surface area contributed by atoms with Gasteiger partial charge >= 0.3 is 5.97 Å². The number of carbonyl (C=O) groups is 1. The molecular formula is C16H15NO4S. The molecule has 2 aromatic carbocycles. The zero-order valence-electron chi connectivity index (χ0n) is 11.9. The molecule has 0 spiro atoms. The fraction of sp³-hybridized carbons (Fsp3) is 0.125. The molecule has 0 aliphatic rings. The van der Waals surface area contributed by atoms with Gasteiger partial charge in [0.15, 0.2) is 0 Å². The summed E-state index contributed by atoms with van der Waals surface area (Å²) < 4.78 is 5.36. The molecule has 6 heteroatoms. The van der Waals surface area contributed by atoms with Crippen molar-refractivity contribution in [1.82, 2.24) is 0 Å². The first-order valence-electron chi connectivity index (χ1n) is 6.58. The number of thiol groups is 1. The number of hydrogen-bond acceptors (Lipinski definition) is 5. The Kier molecular flexibility index (Phi) is 5.06. The number of hydrogen-bond donors (Lipinski definition) is 3. The molecule has 0 fully saturated rings. The summed E-state index contributed by atoms with van der Waals surface area (Å²) in [5.41, 5.74) is 0.746. The number of aliphatic imine (C=N–C) groups is 1.